The SMILES string of the molecule is C=CCN(c1ccc(C(=O)NCC2CCCO2)cc1)S(C)(=O)=O. The quantitative estimate of drug-likeness (QED) is 0.765. The van der Waals surface area contributed by atoms with Crippen LogP contribution in [0, 0.1) is 0 Å². The minimum atomic E-state index is -3.39. The zero-order chi connectivity index (χ0) is 16.9. The van der Waals surface area contributed by atoms with Crippen molar-refractivity contribution < 1.29 is 17.9 Å². The standard InChI is InChI=1S/C16H22N2O4S/c1-3-10-18(23(2,20)21)14-8-6-13(7-9-14)16(19)17-12-15-5-4-11-22-15/h3,6-9,15H,1,4-5,10-12H2,2H3,(H,17,19). The van der Waals surface area contributed by atoms with Crippen LogP contribution in [0.15, 0.2) is 36.9 Å². The zero-order valence-electron chi connectivity index (χ0n) is 13.2. The van der Waals surface area contributed by atoms with Crippen LogP contribution in [0.25, 0.3) is 0 Å². The normalized spacial score (nSPS) is 17.7. The second-order valence-electron chi connectivity index (χ2n) is 5.47. The number of carbonyl (C=O) groups is 1. The van der Waals surface area contributed by atoms with Crippen molar-refractivity contribution in [2.45, 2.75) is 18.9 Å². The second-order valence-corrected chi connectivity index (χ2v) is 7.38. The van der Waals surface area contributed by atoms with E-state index >= 15 is 0 Å². The first-order chi connectivity index (χ1) is 10.9. The number of nitrogens with zero attached hydrogens (tertiary/aromatic N) is 1. The maximum absolute atomic E-state index is 12.1. The Morgan fingerprint density at radius 2 is 2.13 bits per heavy atom. The van der Waals surface area contributed by atoms with E-state index in [-0.39, 0.29) is 18.6 Å². The summed E-state index contributed by atoms with van der Waals surface area (Å²) in [5.74, 6) is -0.193. The number of anilines is 1. The summed E-state index contributed by atoms with van der Waals surface area (Å²) < 4.78 is 30.2. The lowest BCUT2D eigenvalue weighted by atomic mass is 10.2. The van der Waals surface area contributed by atoms with Crippen molar-refractivity contribution in [2.75, 3.05) is 30.3 Å². The van der Waals surface area contributed by atoms with Gasteiger partial charge in [0.2, 0.25) is 10.0 Å². The maximum atomic E-state index is 12.1. The highest BCUT2D eigenvalue weighted by molar-refractivity contribution is 7.92. The lowest BCUT2D eigenvalue weighted by Crippen LogP contribution is -2.32. The first-order valence-corrected chi connectivity index (χ1v) is 9.35. The van der Waals surface area contributed by atoms with E-state index < -0.39 is 10.0 Å². The third kappa shape index (κ3) is 4.80. The van der Waals surface area contributed by atoms with Gasteiger partial charge in [-0.2, -0.15) is 0 Å². The summed E-state index contributed by atoms with van der Waals surface area (Å²) in [4.78, 5) is 12.1. The Bertz CT molecular complexity index is 649. The number of carbonyl (C=O) groups excluding carboxylic acids is 1. The van der Waals surface area contributed by atoms with Crippen LogP contribution >= 0.6 is 0 Å². The van der Waals surface area contributed by atoms with Gasteiger partial charge in [0.1, 0.15) is 0 Å². The molecule has 6 nitrogen and oxygen atoms in total. The van der Waals surface area contributed by atoms with E-state index in [1.54, 1.807) is 24.3 Å². The fraction of sp³-hybridized carbons (Fsp3) is 0.438. The van der Waals surface area contributed by atoms with Crippen LogP contribution in [0.4, 0.5) is 5.69 Å². The van der Waals surface area contributed by atoms with Gasteiger partial charge in [0.05, 0.1) is 24.6 Å². The monoisotopic (exact) mass is 338 g/mol. The highest BCUT2D eigenvalue weighted by Gasteiger charge is 2.18. The molecule has 2 rings (SSSR count). The molecular weight excluding hydrogens is 316 g/mol. The fourth-order valence-corrected chi connectivity index (χ4v) is 3.32. The number of hydrogen-bond acceptors (Lipinski definition) is 4. The minimum Gasteiger partial charge on any atom is -0.376 e. The molecule has 1 atom stereocenters. The van der Waals surface area contributed by atoms with E-state index in [1.807, 2.05) is 0 Å². The zero-order valence-corrected chi connectivity index (χ0v) is 14.0. The molecule has 1 amide bonds. The van der Waals surface area contributed by atoms with Crippen molar-refractivity contribution in [2.24, 2.45) is 0 Å². The van der Waals surface area contributed by atoms with Crippen molar-refractivity contribution in [3.63, 3.8) is 0 Å². The van der Waals surface area contributed by atoms with Gasteiger partial charge in [-0.05, 0) is 37.1 Å². The Hall–Kier alpha value is -1.86. The number of rotatable bonds is 7. The molecular formula is C16H22N2O4S. The van der Waals surface area contributed by atoms with Gasteiger partial charge in [0.25, 0.3) is 5.91 Å². The molecule has 1 N–H and O–H groups in total. The molecule has 0 radical (unpaired) electrons. The molecule has 126 valence electrons. The largest absolute Gasteiger partial charge is 0.376 e. The van der Waals surface area contributed by atoms with Crippen molar-refractivity contribution in [1.29, 1.82) is 0 Å². The van der Waals surface area contributed by atoms with Crippen LogP contribution < -0.4 is 9.62 Å². The molecule has 1 unspecified atom stereocenters. The molecule has 0 aliphatic carbocycles. The fourth-order valence-electron chi connectivity index (χ4n) is 2.44. The Morgan fingerprint density at radius 3 is 2.65 bits per heavy atom. The Labute approximate surface area is 137 Å². The molecule has 23 heavy (non-hydrogen) atoms. The summed E-state index contributed by atoms with van der Waals surface area (Å²) in [6.45, 7) is 4.99. The molecule has 0 aromatic heterocycles. The first-order valence-electron chi connectivity index (χ1n) is 7.50. The minimum absolute atomic E-state index is 0.0894. The van der Waals surface area contributed by atoms with Gasteiger partial charge >= 0.3 is 0 Å². The molecule has 1 saturated heterocycles. The topological polar surface area (TPSA) is 75.7 Å². The average Bonchev–Trinajstić information content (AvgIpc) is 3.03. The predicted octanol–water partition coefficient (Wildman–Crippen LogP) is 1.55. The van der Waals surface area contributed by atoms with E-state index in [0.29, 0.717) is 17.8 Å². The first kappa shape index (κ1) is 17.5. The molecule has 0 spiro atoms. The lowest BCUT2D eigenvalue weighted by Gasteiger charge is -2.20. The van der Waals surface area contributed by atoms with E-state index in [4.69, 9.17) is 4.74 Å². The van der Waals surface area contributed by atoms with Crippen LogP contribution in [-0.2, 0) is 14.8 Å². The predicted molar refractivity (Wildman–Crippen MR) is 90.1 cm³/mol. The van der Waals surface area contributed by atoms with Gasteiger partial charge < -0.3 is 10.1 Å². The van der Waals surface area contributed by atoms with Gasteiger partial charge in [-0.1, -0.05) is 6.08 Å². The van der Waals surface area contributed by atoms with Crippen LogP contribution in [0.5, 0.6) is 0 Å². The number of benzene rings is 1. The summed E-state index contributed by atoms with van der Waals surface area (Å²) >= 11 is 0. The van der Waals surface area contributed by atoms with Crippen molar-refractivity contribution >= 4 is 21.6 Å². The molecule has 0 saturated carbocycles. The summed E-state index contributed by atoms with van der Waals surface area (Å²) in [5, 5.41) is 2.83. The smallest absolute Gasteiger partial charge is 0.251 e. The average molecular weight is 338 g/mol. The van der Waals surface area contributed by atoms with Gasteiger partial charge in [-0.3, -0.25) is 9.10 Å². The van der Waals surface area contributed by atoms with E-state index in [0.717, 1.165) is 25.7 Å². The Morgan fingerprint density at radius 1 is 1.43 bits per heavy atom. The van der Waals surface area contributed by atoms with Gasteiger partial charge in [0.15, 0.2) is 0 Å². The lowest BCUT2D eigenvalue weighted by molar-refractivity contribution is 0.0858. The summed E-state index contributed by atoms with van der Waals surface area (Å²) in [6, 6.07) is 6.46. The van der Waals surface area contributed by atoms with Gasteiger partial charge in [-0.25, -0.2) is 8.42 Å². The van der Waals surface area contributed by atoms with Crippen molar-refractivity contribution in [3.05, 3.63) is 42.5 Å². The Balaban J connectivity index is 2.02. The molecule has 1 aromatic rings. The van der Waals surface area contributed by atoms with Crippen molar-refractivity contribution in [3.8, 4) is 0 Å². The van der Waals surface area contributed by atoms with Crippen LogP contribution in [0.2, 0.25) is 0 Å². The highest BCUT2D eigenvalue weighted by Crippen LogP contribution is 2.18. The third-order valence-corrected chi connectivity index (χ3v) is 4.79. The van der Waals surface area contributed by atoms with Crippen LogP contribution in [0.1, 0.15) is 23.2 Å². The van der Waals surface area contributed by atoms with Crippen LogP contribution in [0.3, 0.4) is 0 Å². The molecule has 1 aliphatic rings. The molecule has 1 heterocycles. The van der Waals surface area contributed by atoms with Crippen LogP contribution in [-0.4, -0.2) is 46.4 Å². The number of nitrogens with one attached hydrogen (secondary N) is 1. The van der Waals surface area contributed by atoms with E-state index in [9.17, 15) is 13.2 Å². The third-order valence-electron chi connectivity index (χ3n) is 3.63. The highest BCUT2D eigenvalue weighted by atomic mass is 32.2. The summed E-state index contributed by atoms with van der Waals surface area (Å²) in [5.41, 5.74) is 0.988. The van der Waals surface area contributed by atoms with Gasteiger partial charge in [0, 0.05) is 18.7 Å². The number of sulfonamides is 1. The molecule has 1 aliphatic heterocycles. The summed E-state index contributed by atoms with van der Waals surface area (Å²) in [7, 11) is -3.39. The molecule has 1 fully saturated rings. The molecule has 1 aromatic carbocycles. The molecule has 7 heteroatoms. The van der Waals surface area contributed by atoms with E-state index in [2.05, 4.69) is 11.9 Å². The van der Waals surface area contributed by atoms with Gasteiger partial charge in [-0.15, -0.1) is 6.58 Å². The Kier molecular flexibility index (Phi) is 5.79. The number of hydrogen-bond donors (Lipinski definition) is 1. The molecule has 0 bridgehead atoms. The maximum Gasteiger partial charge on any atom is 0.251 e. The number of amides is 1. The number of ether oxygens (including phenoxy) is 1. The summed E-state index contributed by atoms with van der Waals surface area (Å²) in [6.07, 6.45) is 4.73. The second kappa shape index (κ2) is 7.61. The van der Waals surface area contributed by atoms with Crippen molar-refractivity contribution in [1.82, 2.24) is 5.32 Å². The van der Waals surface area contributed by atoms with E-state index in [1.165, 1.54) is 10.4 Å².